The molecular weight excluding hydrogens is 211 g/mol. The molecule has 0 atom stereocenters. The topological polar surface area (TPSA) is 34.1 Å². The first-order valence-corrected chi connectivity index (χ1v) is 6.09. The van der Waals surface area contributed by atoms with Crippen LogP contribution in [0.3, 0.4) is 0 Å². The molecular formula is C10H16AlO2S. The molecule has 77 valence electrons. The standard InChI is InChI=1S/C7H7O2S.C3H7.Al.H2/c1-6-2-4-7(5-3-6)10(8)9;1-3-2;;/h2-5H,1H3;3H,1-2H3;;1H/q-1;;+1;. The van der Waals surface area contributed by atoms with Crippen molar-refractivity contribution in [3.05, 3.63) is 29.8 Å². The van der Waals surface area contributed by atoms with Gasteiger partial charge in [0.25, 0.3) is 0 Å². The number of hydrogen-bond donors (Lipinski definition) is 0. The van der Waals surface area contributed by atoms with Gasteiger partial charge in [-0.3, -0.25) is 0 Å². The normalized spacial score (nSPS) is 9.71. The van der Waals surface area contributed by atoms with Crippen LogP contribution in [0.4, 0.5) is 0 Å². The van der Waals surface area contributed by atoms with E-state index in [9.17, 15) is 8.42 Å². The summed E-state index contributed by atoms with van der Waals surface area (Å²) in [4.78, 5) is 0.339. The molecule has 2 nitrogen and oxygen atoms in total. The zero-order valence-electron chi connectivity index (χ0n) is 8.69. The zero-order valence-corrected chi connectivity index (χ0v) is 10.7. The maximum absolute atomic E-state index is 10.3. The molecule has 0 unspecified atom stereocenters. The van der Waals surface area contributed by atoms with Crippen LogP contribution in [0, 0.1) is 6.92 Å². The molecule has 1 radical (unpaired) electrons. The second kappa shape index (κ2) is 7.06. The minimum Gasteiger partial charge on any atom is -0.420 e. The minimum atomic E-state index is -2.09. The van der Waals surface area contributed by atoms with E-state index >= 15 is 0 Å². The van der Waals surface area contributed by atoms with Crippen molar-refractivity contribution in [2.24, 2.45) is 0 Å². The number of benzene rings is 1. The Morgan fingerprint density at radius 1 is 1.21 bits per heavy atom. The van der Waals surface area contributed by atoms with E-state index in [0.717, 1.165) is 10.3 Å². The van der Waals surface area contributed by atoms with Crippen LogP contribution in [-0.2, 0) is 19.1 Å². The first-order valence-electron chi connectivity index (χ1n) is 4.35. The Morgan fingerprint density at radius 2 is 1.57 bits per heavy atom. The van der Waals surface area contributed by atoms with Gasteiger partial charge in [0.05, 0.1) is 0 Å². The van der Waals surface area contributed by atoms with E-state index in [2.05, 4.69) is 30.1 Å². The van der Waals surface area contributed by atoms with Gasteiger partial charge in [0.1, 0.15) is 0 Å². The summed E-state index contributed by atoms with van der Waals surface area (Å²) in [5.74, 6) is 0. The Hall–Kier alpha value is -0.298. The van der Waals surface area contributed by atoms with Crippen LogP contribution in [0.1, 0.15) is 20.8 Å². The van der Waals surface area contributed by atoms with Gasteiger partial charge in [-0.05, 0) is 17.6 Å². The maximum Gasteiger partial charge on any atom is 0 e. The van der Waals surface area contributed by atoms with E-state index in [-0.39, 0.29) is 1.43 Å². The molecule has 0 saturated carbocycles. The summed E-state index contributed by atoms with van der Waals surface area (Å²) in [7, 11) is -2.09. The average molecular weight is 227 g/mol. The van der Waals surface area contributed by atoms with Gasteiger partial charge in [-0.15, -0.1) is 0 Å². The zero-order chi connectivity index (χ0) is 11.1. The Balaban J connectivity index is 0. The second-order valence-corrected chi connectivity index (χ2v) is 5.57. The van der Waals surface area contributed by atoms with Crippen LogP contribution in [0.15, 0.2) is 29.2 Å². The van der Waals surface area contributed by atoms with E-state index < -0.39 is 10.7 Å². The first kappa shape index (κ1) is 13.7. The Kier molecular flexibility index (Phi) is 6.91. The fourth-order valence-corrected chi connectivity index (χ4v) is 1.01. The maximum atomic E-state index is 10.3. The van der Waals surface area contributed by atoms with E-state index in [0.29, 0.717) is 4.90 Å². The number of hydrogen-bond acceptors (Lipinski definition) is 3. The molecule has 1 rings (SSSR count). The molecule has 0 fully saturated rings. The van der Waals surface area contributed by atoms with Crippen molar-refractivity contribution in [1.29, 1.82) is 0 Å². The largest absolute Gasteiger partial charge is 0.420 e. The molecule has 0 heterocycles. The summed E-state index contributed by atoms with van der Waals surface area (Å²) in [6, 6.07) is 6.70. The minimum absolute atomic E-state index is 0. The molecule has 0 bridgehead atoms. The van der Waals surface area contributed by atoms with Gasteiger partial charge >= 0.3 is 34.9 Å². The van der Waals surface area contributed by atoms with Crippen LogP contribution >= 0.6 is 0 Å². The van der Waals surface area contributed by atoms with Crippen molar-refractivity contribution in [3.8, 4) is 0 Å². The van der Waals surface area contributed by atoms with Gasteiger partial charge in [0.15, 0.2) is 0 Å². The molecule has 0 saturated heterocycles. The summed E-state index contributed by atoms with van der Waals surface area (Å²) < 4.78 is 21.4. The third-order valence-electron chi connectivity index (χ3n) is 1.21. The number of aryl methyl sites for hydroxylation is 1. The van der Waals surface area contributed by atoms with Crippen LogP contribution in [-0.4, -0.2) is 16.3 Å². The SMILES string of the molecule is C[CH](C)[Al+].Cc1ccc([S-](=O)=O)cc1.[HH]. The summed E-state index contributed by atoms with van der Waals surface area (Å²) in [6.07, 6.45) is 0. The molecule has 0 aromatic heterocycles. The van der Waals surface area contributed by atoms with Crippen LogP contribution in [0.2, 0.25) is 4.78 Å². The van der Waals surface area contributed by atoms with Crippen LogP contribution in [0.25, 0.3) is 0 Å². The van der Waals surface area contributed by atoms with Gasteiger partial charge < -0.3 is 8.42 Å². The monoisotopic (exact) mass is 227 g/mol. The molecule has 0 aliphatic rings. The molecule has 1 aromatic rings. The van der Waals surface area contributed by atoms with Crippen LogP contribution < -0.4 is 0 Å². The van der Waals surface area contributed by atoms with E-state index in [1.54, 1.807) is 24.3 Å². The number of rotatable bonds is 1. The fraction of sp³-hybridized carbons (Fsp3) is 0.400. The molecule has 1 aromatic carbocycles. The van der Waals surface area contributed by atoms with Crippen molar-refractivity contribution < 1.29 is 9.84 Å². The summed E-state index contributed by atoms with van der Waals surface area (Å²) in [5, 5.41) is 0. The van der Waals surface area contributed by atoms with Crippen molar-refractivity contribution in [2.45, 2.75) is 30.4 Å². The van der Waals surface area contributed by atoms with E-state index in [1.165, 1.54) is 0 Å². The summed E-state index contributed by atoms with van der Waals surface area (Å²) in [5.41, 5.74) is 1.06. The van der Waals surface area contributed by atoms with Gasteiger partial charge in [0, 0.05) is 1.43 Å². The van der Waals surface area contributed by atoms with Gasteiger partial charge in [-0.25, -0.2) is 0 Å². The quantitative estimate of drug-likeness (QED) is 0.546. The smallest absolute Gasteiger partial charge is 0 e. The van der Waals surface area contributed by atoms with Gasteiger partial charge in [0.2, 0.25) is 0 Å². The molecule has 0 amide bonds. The van der Waals surface area contributed by atoms with Crippen molar-refractivity contribution in [2.75, 3.05) is 0 Å². The first-order chi connectivity index (χ1) is 6.43. The van der Waals surface area contributed by atoms with Crippen LogP contribution in [0.5, 0.6) is 0 Å². The predicted molar refractivity (Wildman–Crippen MR) is 61.1 cm³/mol. The average Bonchev–Trinajstić information content (AvgIpc) is 2.03. The molecule has 0 N–H and O–H groups in total. The Labute approximate surface area is 97.2 Å². The Bertz CT molecular complexity index is 323. The van der Waals surface area contributed by atoms with Crippen molar-refractivity contribution in [1.82, 2.24) is 0 Å². The second-order valence-electron chi connectivity index (χ2n) is 3.29. The summed E-state index contributed by atoms with van der Waals surface area (Å²) in [6.45, 7) is 6.17. The molecule has 0 aliphatic carbocycles. The van der Waals surface area contributed by atoms with E-state index in [4.69, 9.17) is 0 Å². The molecule has 4 heteroatoms. The van der Waals surface area contributed by atoms with Gasteiger partial charge in [-0.2, -0.15) is 0 Å². The fourth-order valence-electron chi connectivity index (χ4n) is 0.649. The third-order valence-corrected chi connectivity index (χ3v) is 1.87. The molecule has 14 heavy (non-hydrogen) atoms. The third kappa shape index (κ3) is 7.14. The van der Waals surface area contributed by atoms with E-state index in [1.807, 2.05) is 6.92 Å². The van der Waals surface area contributed by atoms with Crippen molar-refractivity contribution >= 4 is 27.0 Å². The van der Waals surface area contributed by atoms with Crippen molar-refractivity contribution in [3.63, 3.8) is 0 Å². The Morgan fingerprint density at radius 3 is 1.86 bits per heavy atom. The summed E-state index contributed by atoms with van der Waals surface area (Å²) >= 11 is 2.66. The molecule has 0 aliphatic heterocycles. The van der Waals surface area contributed by atoms with Gasteiger partial charge in [-0.1, -0.05) is 34.7 Å². The predicted octanol–water partition coefficient (Wildman–Crippen LogP) is 2.89. The molecule has 0 spiro atoms.